The summed E-state index contributed by atoms with van der Waals surface area (Å²) in [7, 11) is 0. The number of aromatic nitrogens is 1. The predicted molar refractivity (Wildman–Crippen MR) is 119 cm³/mol. The van der Waals surface area contributed by atoms with Crippen LogP contribution in [0.1, 0.15) is 44.2 Å². The first-order valence-electron chi connectivity index (χ1n) is 10.1. The molecule has 1 heterocycles. The molecule has 0 N–H and O–H groups in total. The summed E-state index contributed by atoms with van der Waals surface area (Å²) in [6.07, 6.45) is 4.72. The van der Waals surface area contributed by atoms with Gasteiger partial charge in [0.25, 0.3) is 0 Å². The van der Waals surface area contributed by atoms with Crippen molar-refractivity contribution in [2.24, 2.45) is 5.92 Å². The van der Waals surface area contributed by atoms with Gasteiger partial charge in [-0.3, -0.25) is 4.79 Å². The van der Waals surface area contributed by atoms with E-state index in [0.29, 0.717) is 18.1 Å². The molecule has 1 fully saturated rings. The van der Waals surface area contributed by atoms with Crippen LogP contribution in [0.4, 0.5) is 0 Å². The molecule has 5 rings (SSSR count). The van der Waals surface area contributed by atoms with Gasteiger partial charge in [0.2, 0.25) is 0 Å². The fourth-order valence-electron chi connectivity index (χ4n) is 4.75. The quantitative estimate of drug-likeness (QED) is 0.386. The Morgan fingerprint density at radius 1 is 0.929 bits per heavy atom. The summed E-state index contributed by atoms with van der Waals surface area (Å²) in [6, 6.07) is 21.2. The van der Waals surface area contributed by atoms with Gasteiger partial charge in [-0.25, -0.2) is 0 Å². The Morgan fingerprint density at radius 3 is 2.57 bits per heavy atom. The second kappa shape index (κ2) is 7.48. The van der Waals surface area contributed by atoms with E-state index in [1.807, 2.05) is 0 Å². The van der Waals surface area contributed by atoms with Crippen molar-refractivity contribution < 1.29 is 6.22 Å². The minimum atomic E-state index is 0. The van der Waals surface area contributed by atoms with E-state index in [2.05, 4.69) is 70.4 Å². The summed E-state index contributed by atoms with van der Waals surface area (Å²) >= 11 is 1.53. The van der Waals surface area contributed by atoms with Crippen LogP contribution in [-0.4, -0.2) is 10.2 Å². The summed E-state index contributed by atoms with van der Waals surface area (Å²) in [6.45, 7) is 0. The van der Waals surface area contributed by atoms with Gasteiger partial charge in [0, 0.05) is 24.5 Å². The first kappa shape index (κ1) is 17.6. The number of Topliss-reactive ketones (excluding diaryl/α,β-unsaturated/α-hetero) is 1. The van der Waals surface area contributed by atoms with Crippen LogP contribution in [0.2, 0.25) is 0 Å². The molecule has 2 nitrogen and oxygen atoms in total. The number of hydrogen-bond acceptors (Lipinski definition) is 3. The highest BCUT2D eigenvalue weighted by Gasteiger charge is 2.28. The van der Waals surface area contributed by atoms with E-state index in [0.717, 1.165) is 36.8 Å². The standard InChI is InChI=1S/C25H23NOS.H2/c27-24(15-20-7-3-6-17-5-1-2-9-22(17)20)19-13-11-18(12-14-19)23-10-4-8-21-16-28-26-25(21)23;/h1-10,16,18-19H,11-15H2;1H. The number of fused-ring (bicyclic) bond motifs is 2. The Bertz CT molecular complexity index is 1140. The molecule has 1 aliphatic rings. The summed E-state index contributed by atoms with van der Waals surface area (Å²) < 4.78 is 4.61. The van der Waals surface area contributed by atoms with Gasteiger partial charge in [-0.05, 0) is 65.0 Å². The molecule has 0 bridgehead atoms. The van der Waals surface area contributed by atoms with E-state index in [-0.39, 0.29) is 7.34 Å². The van der Waals surface area contributed by atoms with E-state index in [9.17, 15) is 4.79 Å². The van der Waals surface area contributed by atoms with Crippen LogP contribution >= 0.6 is 11.5 Å². The van der Waals surface area contributed by atoms with Gasteiger partial charge in [-0.15, -0.1) is 0 Å². The summed E-state index contributed by atoms with van der Waals surface area (Å²) in [4.78, 5) is 13.0. The molecule has 4 aromatic rings. The molecule has 0 radical (unpaired) electrons. The largest absolute Gasteiger partial charge is 0.299 e. The lowest BCUT2D eigenvalue weighted by molar-refractivity contribution is -0.123. The Kier molecular flexibility index (Phi) is 4.69. The molecule has 0 unspecified atom stereocenters. The van der Waals surface area contributed by atoms with Gasteiger partial charge < -0.3 is 0 Å². The number of rotatable bonds is 4. The molecule has 1 aromatic heterocycles. The molecule has 0 amide bonds. The van der Waals surface area contributed by atoms with Gasteiger partial charge >= 0.3 is 0 Å². The Balaban J connectivity index is 0.00000205. The lowest BCUT2D eigenvalue weighted by Gasteiger charge is -2.28. The maximum atomic E-state index is 13.0. The number of benzene rings is 3. The molecule has 1 saturated carbocycles. The number of hydrogen-bond donors (Lipinski definition) is 0. The van der Waals surface area contributed by atoms with Gasteiger partial charge in [0.15, 0.2) is 0 Å². The van der Waals surface area contributed by atoms with E-state index in [1.54, 1.807) is 0 Å². The summed E-state index contributed by atoms with van der Waals surface area (Å²) in [5, 5.41) is 5.80. The van der Waals surface area contributed by atoms with Gasteiger partial charge in [0.1, 0.15) is 5.78 Å². The fraction of sp³-hybridized carbons (Fsp3) is 0.280. The maximum Gasteiger partial charge on any atom is 0.140 e. The van der Waals surface area contributed by atoms with Crippen molar-refractivity contribution in [3.05, 3.63) is 77.2 Å². The van der Waals surface area contributed by atoms with E-state index >= 15 is 0 Å². The zero-order valence-electron chi connectivity index (χ0n) is 15.8. The minimum Gasteiger partial charge on any atom is -0.299 e. The van der Waals surface area contributed by atoms with Crippen LogP contribution in [0.25, 0.3) is 21.7 Å². The normalized spacial score (nSPS) is 19.9. The number of carbonyl (C=O) groups is 1. The van der Waals surface area contributed by atoms with Crippen molar-refractivity contribution in [2.45, 2.75) is 38.0 Å². The molecule has 0 saturated heterocycles. The van der Waals surface area contributed by atoms with Crippen LogP contribution in [0.5, 0.6) is 0 Å². The second-order valence-corrected chi connectivity index (χ2v) is 8.56. The zero-order chi connectivity index (χ0) is 18.9. The lowest BCUT2D eigenvalue weighted by Crippen LogP contribution is -2.22. The first-order valence-corrected chi connectivity index (χ1v) is 11.0. The zero-order valence-corrected chi connectivity index (χ0v) is 16.6. The molecule has 0 atom stereocenters. The molecule has 142 valence electrons. The fourth-order valence-corrected chi connectivity index (χ4v) is 5.42. The van der Waals surface area contributed by atoms with Crippen molar-refractivity contribution in [1.82, 2.24) is 4.37 Å². The van der Waals surface area contributed by atoms with Gasteiger partial charge in [-0.2, -0.15) is 4.37 Å². The van der Waals surface area contributed by atoms with E-state index < -0.39 is 0 Å². The Labute approximate surface area is 170 Å². The van der Waals surface area contributed by atoms with Crippen LogP contribution in [0.3, 0.4) is 0 Å². The van der Waals surface area contributed by atoms with Crippen molar-refractivity contribution >= 4 is 39.0 Å². The maximum absolute atomic E-state index is 13.0. The highest BCUT2D eigenvalue weighted by Crippen LogP contribution is 2.39. The van der Waals surface area contributed by atoms with Crippen molar-refractivity contribution in [3.8, 4) is 0 Å². The van der Waals surface area contributed by atoms with Crippen molar-refractivity contribution in [1.29, 1.82) is 0 Å². The van der Waals surface area contributed by atoms with Crippen LogP contribution in [-0.2, 0) is 11.2 Å². The third kappa shape index (κ3) is 3.24. The van der Waals surface area contributed by atoms with Crippen molar-refractivity contribution in [3.63, 3.8) is 0 Å². The Hall–Kier alpha value is -2.52. The molecular weight excluding hydrogens is 362 g/mol. The average molecular weight is 388 g/mol. The molecule has 28 heavy (non-hydrogen) atoms. The molecule has 3 aromatic carbocycles. The van der Waals surface area contributed by atoms with Crippen molar-refractivity contribution in [2.75, 3.05) is 0 Å². The second-order valence-electron chi connectivity index (χ2n) is 7.93. The molecule has 3 heteroatoms. The average Bonchev–Trinajstić information content (AvgIpc) is 3.23. The first-order chi connectivity index (χ1) is 13.8. The topological polar surface area (TPSA) is 30.0 Å². The minimum absolute atomic E-state index is 0. The highest BCUT2D eigenvalue weighted by atomic mass is 32.1. The van der Waals surface area contributed by atoms with Crippen LogP contribution in [0, 0.1) is 5.92 Å². The van der Waals surface area contributed by atoms with Crippen LogP contribution in [0.15, 0.2) is 66.0 Å². The number of ketones is 1. The molecule has 0 spiro atoms. The van der Waals surface area contributed by atoms with Gasteiger partial charge in [-0.1, -0.05) is 60.7 Å². The SMILES string of the molecule is O=C(Cc1cccc2ccccc12)C1CCC(c2cccc3csnc23)CC1.[HH]. The van der Waals surface area contributed by atoms with E-state index in [1.165, 1.54) is 33.3 Å². The molecular formula is C25H25NOS. The highest BCUT2D eigenvalue weighted by molar-refractivity contribution is 7.04. The third-order valence-electron chi connectivity index (χ3n) is 6.29. The van der Waals surface area contributed by atoms with Gasteiger partial charge in [0.05, 0.1) is 5.52 Å². The smallest absolute Gasteiger partial charge is 0.140 e. The monoisotopic (exact) mass is 387 g/mol. The van der Waals surface area contributed by atoms with Crippen LogP contribution < -0.4 is 0 Å². The predicted octanol–water partition coefficient (Wildman–Crippen LogP) is 6.78. The molecule has 0 aliphatic heterocycles. The summed E-state index contributed by atoms with van der Waals surface area (Å²) in [5.74, 6) is 1.14. The lowest BCUT2D eigenvalue weighted by atomic mass is 9.76. The number of carbonyl (C=O) groups excluding carboxylic acids is 1. The van der Waals surface area contributed by atoms with E-state index in [4.69, 9.17) is 0 Å². The molecule has 1 aliphatic carbocycles. The number of nitrogens with zero attached hydrogens (tertiary/aromatic N) is 1. The Morgan fingerprint density at radius 2 is 1.68 bits per heavy atom. The third-order valence-corrected chi connectivity index (χ3v) is 6.94. The summed E-state index contributed by atoms with van der Waals surface area (Å²) in [5.41, 5.74) is 3.70.